The van der Waals surface area contributed by atoms with Crippen molar-refractivity contribution < 1.29 is 5.11 Å². The maximum atomic E-state index is 9.04. The molecule has 0 spiro atoms. The summed E-state index contributed by atoms with van der Waals surface area (Å²) >= 11 is 2.15. The van der Waals surface area contributed by atoms with Crippen molar-refractivity contribution in [2.24, 2.45) is 0 Å². The molecule has 0 unspecified atom stereocenters. The molecule has 0 aliphatic rings. The molecule has 0 aliphatic heterocycles. The zero-order chi connectivity index (χ0) is 9.56. The van der Waals surface area contributed by atoms with Gasteiger partial charge in [-0.1, -0.05) is 28.7 Å². The van der Waals surface area contributed by atoms with Crippen LogP contribution in [0.3, 0.4) is 0 Å². The molecular formula is C9H14INO. The first-order valence-corrected chi connectivity index (χ1v) is 5.70. The summed E-state index contributed by atoms with van der Waals surface area (Å²) in [6, 6.07) is 7.15. The number of hydrogen-bond acceptors (Lipinski definition) is 2. The van der Waals surface area contributed by atoms with Gasteiger partial charge in [0.1, 0.15) is 5.75 Å². The fourth-order valence-corrected chi connectivity index (χ4v) is 0.771. The summed E-state index contributed by atoms with van der Waals surface area (Å²) < 4.78 is 0. The summed E-state index contributed by atoms with van der Waals surface area (Å²) in [5, 5.41) is 9.04. The molecule has 68 valence electrons. The molecule has 12 heavy (non-hydrogen) atoms. The molecule has 1 aromatic carbocycles. The van der Waals surface area contributed by atoms with Gasteiger partial charge in [0.2, 0.25) is 0 Å². The van der Waals surface area contributed by atoms with Crippen molar-refractivity contribution in [1.82, 2.24) is 0 Å². The lowest BCUT2D eigenvalue weighted by Gasteiger charge is -2.11. The van der Waals surface area contributed by atoms with Crippen molar-refractivity contribution >= 4 is 28.3 Å². The minimum absolute atomic E-state index is 0.311. The normalized spacial score (nSPS) is 8.33. The lowest BCUT2D eigenvalue weighted by atomic mass is 10.3. The number of phenols is 1. The van der Waals surface area contributed by atoms with Crippen LogP contribution in [0.15, 0.2) is 24.3 Å². The summed E-state index contributed by atoms with van der Waals surface area (Å²) in [4.78, 5) is 3.91. The van der Waals surface area contributed by atoms with E-state index >= 15 is 0 Å². The fraction of sp³-hybridized carbons (Fsp3) is 0.333. The molecule has 2 nitrogen and oxygen atoms in total. The molecule has 1 aromatic rings. The van der Waals surface area contributed by atoms with Crippen molar-refractivity contribution in [2.75, 3.05) is 23.9 Å². The van der Waals surface area contributed by atoms with Gasteiger partial charge in [0.25, 0.3) is 0 Å². The molecule has 0 aromatic heterocycles. The van der Waals surface area contributed by atoms with Crippen LogP contribution in [-0.4, -0.2) is 24.1 Å². The Labute approximate surface area is 87.3 Å². The first-order valence-electron chi connectivity index (χ1n) is 3.54. The number of anilines is 1. The third-order valence-corrected chi connectivity index (χ3v) is 1.35. The number of nitrogens with zero attached hydrogens (tertiary/aromatic N) is 1. The standard InChI is InChI=1S/C8H11NO.CH3I/c1-9(2)7-4-3-5-8(10)6-7;1-2/h3-6,10H,1-2H3;1H3. The summed E-state index contributed by atoms with van der Waals surface area (Å²) in [5.74, 6) is 0.311. The Hall–Kier alpha value is -0.450. The Bertz CT molecular complexity index is 226. The lowest BCUT2D eigenvalue weighted by Crippen LogP contribution is -2.07. The number of rotatable bonds is 1. The lowest BCUT2D eigenvalue weighted by molar-refractivity contribution is 0.475. The molecule has 3 heteroatoms. The van der Waals surface area contributed by atoms with Crippen molar-refractivity contribution in [1.29, 1.82) is 0 Å². The van der Waals surface area contributed by atoms with E-state index in [9.17, 15) is 0 Å². The number of halogens is 1. The molecule has 0 saturated heterocycles. The maximum Gasteiger partial charge on any atom is 0.117 e. The second kappa shape index (κ2) is 6.11. The van der Waals surface area contributed by atoms with Gasteiger partial charge in [0.05, 0.1) is 0 Å². The van der Waals surface area contributed by atoms with Gasteiger partial charge < -0.3 is 10.0 Å². The third-order valence-electron chi connectivity index (χ3n) is 1.35. The van der Waals surface area contributed by atoms with Crippen LogP contribution < -0.4 is 4.90 Å². The molecule has 0 radical (unpaired) electrons. The van der Waals surface area contributed by atoms with E-state index in [1.807, 2.05) is 36.1 Å². The Kier molecular flexibility index (Phi) is 5.88. The van der Waals surface area contributed by atoms with Crippen LogP contribution in [0.25, 0.3) is 0 Å². The summed E-state index contributed by atoms with van der Waals surface area (Å²) in [6.45, 7) is 0. The van der Waals surface area contributed by atoms with Crippen molar-refractivity contribution in [3.8, 4) is 5.75 Å². The van der Waals surface area contributed by atoms with Crippen LogP contribution >= 0.6 is 22.6 Å². The van der Waals surface area contributed by atoms with Gasteiger partial charge in [-0.25, -0.2) is 0 Å². The van der Waals surface area contributed by atoms with Gasteiger partial charge in [0, 0.05) is 25.8 Å². The number of aromatic hydroxyl groups is 1. The first kappa shape index (κ1) is 11.6. The zero-order valence-electron chi connectivity index (χ0n) is 7.58. The SMILES string of the molecule is CI.CN(C)c1cccc(O)c1. The van der Waals surface area contributed by atoms with Gasteiger partial charge in [-0.15, -0.1) is 0 Å². The van der Waals surface area contributed by atoms with E-state index in [0.717, 1.165) is 5.69 Å². The van der Waals surface area contributed by atoms with E-state index in [4.69, 9.17) is 5.11 Å². The summed E-state index contributed by atoms with van der Waals surface area (Å²) in [5.41, 5.74) is 1.01. The van der Waals surface area contributed by atoms with Gasteiger partial charge in [-0.3, -0.25) is 0 Å². The molecule has 1 rings (SSSR count). The van der Waals surface area contributed by atoms with Crippen LogP contribution in [0.5, 0.6) is 5.75 Å². The molecule has 0 saturated carbocycles. The van der Waals surface area contributed by atoms with Crippen molar-refractivity contribution in [3.63, 3.8) is 0 Å². The number of phenolic OH excluding ortho intramolecular Hbond substituents is 1. The van der Waals surface area contributed by atoms with Crippen LogP contribution in [0.4, 0.5) is 5.69 Å². The quantitative estimate of drug-likeness (QED) is 0.630. The number of benzene rings is 1. The predicted octanol–water partition coefficient (Wildman–Crippen LogP) is 2.51. The maximum absolute atomic E-state index is 9.04. The topological polar surface area (TPSA) is 23.5 Å². The molecule has 0 bridgehead atoms. The Balaban J connectivity index is 0.000000561. The highest BCUT2D eigenvalue weighted by Crippen LogP contribution is 2.16. The Morgan fingerprint density at radius 2 is 1.83 bits per heavy atom. The number of hydrogen-bond donors (Lipinski definition) is 1. The Morgan fingerprint density at radius 3 is 2.17 bits per heavy atom. The van der Waals surface area contributed by atoms with E-state index in [2.05, 4.69) is 22.6 Å². The van der Waals surface area contributed by atoms with E-state index in [1.54, 1.807) is 12.1 Å². The Morgan fingerprint density at radius 1 is 1.25 bits per heavy atom. The molecular weight excluding hydrogens is 265 g/mol. The van der Waals surface area contributed by atoms with Gasteiger partial charge in [0.15, 0.2) is 0 Å². The monoisotopic (exact) mass is 279 g/mol. The molecule has 0 atom stereocenters. The van der Waals surface area contributed by atoms with Crippen LogP contribution in [0.2, 0.25) is 0 Å². The van der Waals surface area contributed by atoms with Gasteiger partial charge in [-0.2, -0.15) is 0 Å². The van der Waals surface area contributed by atoms with E-state index in [-0.39, 0.29) is 0 Å². The highest BCUT2D eigenvalue weighted by Gasteiger charge is 1.93. The molecule has 0 heterocycles. The van der Waals surface area contributed by atoms with Crippen molar-refractivity contribution in [2.45, 2.75) is 0 Å². The highest BCUT2D eigenvalue weighted by atomic mass is 127. The fourth-order valence-electron chi connectivity index (χ4n) is 0.771. The first-order chi connectivity index (χ1) is 5.70. The molecule has 0 fully saturated rings. The minimum atomic E-state index is 0.311. The van der Waals surface area contributed by atoms with Gasteiger partial charge in [-0.05, 0) is 17.1 Å². The average molecular weight is 279 g/mol. The second-order valence-corrected chi connectivity index (χ2v) is 2.41. The van der Waals surface area contributed by atoms with Crippen LogP contribution in [0, 0.1) is 0 Å². The smallest absolute Gasteiger partial charge is 0.117 e. The zero-order valence-corrected chi connectivity index (χ0v) is 9.74. The van der Waals surface area contributed by atoms with Crippen LogP contribution in [-0.2, 0) is 0 Å². The minimum Gasteiger partial charge on any atom is -0.508 e. The van der Waals surface area contributed by atoms with E-state index in [1.165, 1.54) is 0 Å². The second-order valence-electron chi connectivity index (χ2n) is 2.41. The van der Waals surface area contributed by atoms with E-state index < -0.39 is 0 Å². The van der Waals surface area contributed by atoms with E-state index in [0.29, 0.717) is 5.75 Å². The summed E-state index contributed by atoms with van der Waals surface area (Å²) in [7, 11) is 3.88. The highest BCUT2D eigenvalue weighted by molar-refractivity contribution is 14.1. The number of alkyl halides is 1. The van der Waals surface area contributed by atoms with Crippen LogP contribution in [0.1, 0.15) is 0 Å². The van der Waals surface area contributed by atoms with Crippen molar-refractivity contribution in [3.05, 3.63) is 24.3 Å². The predicted molar refractivity (Wildman–Crippen MR) is 62.4 cm³/mol. The summed E-state index contributed by atoms with van der Waals surface area (Å²) in [6.07, 6.45) is 0. The largest absolute Gasteiger partial charge is 0.508 e. The molecule has 0 amide bonds. The third kappa shape index (κ3) is 3.80. The molecule has 1 N–H and O–H groups in total. The molecule has 0 aliphatic carbocycles. The van der Waals surface area contributed by atoms with Gasteiger partial charge >= 0.3 is 0 Å². The average Bonchev–Trinajstić information content (AvgIpc) is 2.08.